The molecule has 0 radical (unpaired) electrons. The molecule has 0 saturated carbocycles. The molecule has 3 aromatic rings. The van der Waals surface area contributed by atoms with Gasteiger partial charge in [0.2, 0.25) is 0 Å². The second kappa shape index (κ2) is 9.98. The molecule has 0 saturated heterocycles. The summed E-state index contributed by atoms with van der Waals surface area (Å²) in [5.41, 5.74) is 1.98. The number of fused-ring (bicyclic) bond motifs is 1. The highest BCUT2D eigenvalue weighted by Gasteiger charge is 2.25. The molecule has 170 valence electrons. The first kappa shape index (κ1) is 23.3. The summed E-state index contributed by atoms with van der Waals surface area (Å²) in [4.78, 5) is 3.40. The van der Waals surface area contributed by atoms with Gasteiger partial charge in [-0.3, -0.25) is 0 Å². The third-order valence-electron chi connectivity index (χ3n) is 6.37. The summed E-state index contributed by atoms with van der Waals surface area (Å²) < 4.78 is 58.7. The number of rotatable bonds is 6. The molecule has 0 heterocycles. The van der Waals surface area contributed by atoms with E-state index in [1.165, 1.54) is 6.07 Å². The van der Waals surface area contributed by atoms with Gasteiger partial charge in [-0.2, -0.15) is 4.99 Å². The highest BCUT2D eigenvalue weighted by atomic mass is 32.1. The third kappa shape index (κ3) is 4.78. The van der Waals surface area contributed by atoms with Crippen LogP contribution in [0.5, 0.6) is 0 Å². The van der Waals surface area contributed by atoms with Crippen molar-refractivity contribution >= 4 is 23.1 Å². The lowest BCUT2D eigenvalue weighted by molar-refractivity contribution is 0.403. The Labute approximate surface area is 196 Å². The Kier molecular flexibility index (Phi) is 7.06. The SMILES string of the molecule is CCCCC1CCc2c(cc(F)c(-c3ccc(-c4cc(F)c(N=C=S)c(F)c4)cc3)c2F)C1. The molecule has 0 aromatic heterocycles. The monoisotopic (exact) mass is 469 g/mol. The van der Waals surface area contributed by atoms with Crippen molar-refractivity contribution < 1.29 is 17.6 Å². The number of unbranched alkanes of at least 4 members (excludes halogenated alkanes) is 1. The van der Waals surface area contributed by atoms with Gasteiger partial charge >= 0.3 is 0 Å². The molecule has 0 N–H and O–H groups in total. The molecule has 1 atom stereocenters. The number of hydrogen-bond acceptors (Lipinski definition) is 2. The number of hydrogen-bond donors (Lipinski definition) is 0. The number of isothiocyanates is 1. The summed E-state index contributed by atoms with van der Waals surface area (Å²) >= 11 is 4.41. The fraction of sp³-hybridized carbons (Fsp3) is 0.296. The molecule has 0 spiro atoms. The van der Waals surface area contributed by atoms with Gasteiger partial charge in [-0.15, -0.1) is 0 Å². The van der Waals surface area contributed by atoms with Crippen molar-refractivity contribution in [3.63, 3.8) is 0 Å². The maximum atomic E-state index is 15.4. The minimum Gasteiger partial charge on any atom is -0.206 e. The topological polar surface area (TPSA) is 12.4 Å². The van der Waals surface area contributed by atoms with Crippen LogP contribution in [0.3, 0.4) is 0 Å². The van der Waals surface area contributed by atoms with Crippen LogP contribution in [0.2, 0.25) is 0 Å². The van der Waals surface area contributed by atoms with Gasteiger partial charge in [-0.1, -0.05) is 50.5 Å². The molecule has 33 heavy (non-hydrogen) atoms. The van der Waals surface area contributed by atoms with Crippen molar-refractivity contribution in [2.24, 2.45) is 10.9 Å². The van der Waals surface area contributed by atoms with E-state index < -0.39 is 29.0 Å². The van der Waals surface area contributed by atoms with Crippen molar-refractivity contribution in [3.05, 3.63) is 76.9 Å². The molecule has 1 aliphatic carbocycles. The second-order valence-corrected chi connectivity index (χ2v) is 8.69. The molecular formula is C27H23F4NS. The van der Waals surface area contributed by atoms with Gasteiger partial charge in [0.15, 0.2) is 11.6 Å². The molecule has 0 aliphatic heterocycles. The van der Waals surface area contributed by atoms with Crippen LogP contribution in [0.25, 0.3) is 22.3 Å². The van der Waals surface area contributed by atoms with E-state index in [-0.39, 0.29) is 11.1 Å². The van der Waals surface area contributed by atoms with Crippen LogP contribution >= 0.6 is 12.2 Å². The highest BCUT2D eigenvalue weighted by molar-refractivity contribution is 7.78. The standard InChI is InChI=1S/C27H23F4NS/c1-2-3-4-16-5-10-21-20(11-16)14-22(28)25(26(21)31)18-8-6-17(7-9-18)19-12-23(29)27(32-15-33)24(30)13-19/h6-9,12-14,16H,2-5,10-11H2,1H3. The van der Waals surface area contributed by atoms with Crippen molar-refractivity contribution in [2.45, 2.75) is 45.4 Å². The van der Waals surface area contributed by atoms with E-state index in [0.29, 0.717) is 35.4 Å². The van der Waals surface area contributed by atoms with Crippen LogP contribution in [0.15, 0.2) is 47.5 Å². The van der Waals surface area contributed by atoms with E-state index in [1.54, 1.807) is 24.3 Å². The number of aliphatic imine (C=N–C) groups is 1. The minimum atomic E-state index is -0.865. The molecule has 1 unspecified atom stereocenters. The van der Waals surface area contributed by atoms with Gasteiger partial charge in [-0.25, -0.2) is 17.6 Å². The van der Waals surface area contributed by atoms with Crippen molar-refractivity contribution in [1.82, 2.24) is 0 Å². The van der Waals surface area contributed by atoms with E-state index in [0.717, 1.165) is 43.4 Å². The third-order valence-corrected chi connectivity index (χ3v) is 6.46. The maximum Gasteiger partial charge on any atom is 0.153 e. The predicted molar refractivity (Wildman–Crippen MR) is 127 cm³/mol. The van der Waals surface area contributed by atoms with Crippen LogP contribution in [0, 0.1) is 29.2 Å². The second-order valence-electron chi connectivity index (χ2n) is 8.51. The lowest BCUT2D eigenvalue weighted by atomic mass is 9.80. The zero-order chi connectivity index (χ0) is 23.5. The Hall–Kier alpha value is -2.82. The molecule has 0 fully saturated rings. The van der Waals surface area contributed by atoms with Crippen LogP contribution in [0.1, 0.15) is 43.7 Å². The van der Waals surface area contributed by atoms with Gasteiger partial charge in [0.05, 0.1) is 10.7 Å². The van der Waals surface area contributed by atoms with E-state index in [2.05, 4.69) is 24.1 Å². The van der Waals surface area contributed by atoms with Gasteiger partial charge in [0.1, 0.15) is 17.3 Å². The molecular weight excluding hydrogens is 446 g/mol. The lowest BCUT2D eigenvalue weighted by Gasteiger charge is -2.26. The average molecular weight is 470 g/mol. The zero-order valence-corrected chi connectivity index (χ0v) is 19.0. The molecule has 0 bridgehead atoms. The largest absolute Gasteiger partial charge is 0.206 e. The van der Waals surface area contributed by atoms with Gasteiger partial charge in [-0.05, 0) is 83.4 Å². The van der Waals surface area contributed by atoms with Crippen LogP contribution < -0.4 is 0 Å². The Morgan fingerprint density at radius 1 is 0.939 bits per heavy atom. The van der Waals surface area contributed by atoms with E-state index >= 15 is 4.39 Å². The molecule has 6 heteroatoms. The van der Waals surface area contributed by atoms with Gasteiger partial charge in [0.25, 0.3) is 0 Å². The van der Waals surface area contributed by atoms with Crippen LogP contribution in [-0.2, 0) is 12.8 Å². The fourth-order valence-electron chi connectivity index (χ4n) is 4.64. The number of benzene rings is 3. The van der Waals surface area contributed by atoms with Gasteiger partial charge < -0.3 is 0 Å². The summed E-state index contributed by atoms with van der Waals surface area (Å²) in [7, 11) is 0. The Bertz CT molecular complexity index is 1210. The lowest BCUT2D eigenvalue weighted by Crippen LogP contribution is -2.17. The van der Waals surface area contributed by atoms with E-state index in [1.807, 2.05) is 5.16 Å². The number of nitrogens with zero attached hydrogens (tertiary/aromatic N) is 1. The van der Waals surface area contributed by atoms with Crippen LogP contribution in [0.4, 0.5) is 23.2 Å². The summed E-state index contributed by atoms with van der Waals surface area (Å²) in [6.07, 6.45) is 5.56. The fourth-order valence-corrected chi connectivity index (χ4v) is 4.73. The van der Waals surface area contributed by atoms with E-state index in [4.69, 9.17) is 0 Å². The first-order chi connectivity index (χ1) is 15.9. The minimum absolute atomic E-state index is 0.0599. The van der Waals surface area contributed by atoms with E-state index in [9.17, 15) is 13.2 Å². The van der Waals surface area contributed by atoms with Crippen molar-refractivity contribution in [1.29, 1.82) is 0 Å². The quantitative estimate of drug-likeness (QED) is 0.200. The summed E-state index contributed by atoms with van der Waals surface area (Å²) in [5, 5.41) is 1.95. The zero-order valence-electron chi connectivity index (χ0n) is 18.2. The number of thiocarbonyl (C=S) groups is 1. The predicted octanol–water partition coefficient (Wildman–Crippen LogP) is 8.61. The van der Waals surface area contributed by atoms with Crippen molar-refractivity contribution in [2.75, 3.05) is 0 Å². The van der Waals surface area contributed by atoms with Crippen molar-refractivity contribution in [3.8, 4) is 22.3 Å². The smallest absolute Gasteiger partial charge is 0.153 e. The average Bonchev–Trinajstić information content (AvgIpc) is 2.80. The summed E-state index contributed by atoms with van der Waals surface area (Å²) in [5.74, 6) is -2.35. The summed E-state index contributed by atoms with van der Waals surface area (Å²) in [6.45, 7) is 2.14. The Morgan fingerprint density at radius 3 is 2.24 bits per heavy atom. The summed E-state index contributed by atoms with van der Waals surface area (Å²) in [6, 6.07) is 10.1. The molecule has 0 amide bonds. The molecule has 1 aliphatic rings. The number of halogens is 4. The molecule has 4 rings (SSSR count). The maximum absolute atomic E-state index is 15.4. The highest BCUT2D eigenvalue weighted by Crippen LogP contribution is 2.37. The Balaban J connectivity index is 1.65. The molecule has 3 aromatic carbocycles. The normalized spacial score (nSPS) is 15.1. The van der Waals surface area contributed by atoms with Crippen LogP contribution in [-0.4, -0.2) is 5.16 Å². The first-order valence-electron chi connectivity index (χ1n) is 11.1. The molecule has 1 nitrogen and oxygen atoms in total. The first-order valence-corrected chi connectivity index (χ1v) is 11.5. The van der Waals surface area contributed by atoms with Gasteiger partial charge in [0, 0.05) is 0 Å². The Morgan fingerprint density at radius 2 is 1.61 bits per heavy atom.